The highest BCUT2D eigenvalue weighted by Gasteiger charge is 2.45. The van der Waals surface area contributed by atoms with Gasteiger partial charge in [0.05, 0.1) is 92.3 Å². The molecule has 17 heteroatoms. The summed E-state index contributed by atoms with van der Waals surface area (Å²) in [6.45, 7) is 5.39. The lowest BCUT2D eigenvalue weighted by molar-refractivity contribution is -0.201. The van der Waals surface area contributed by atoms with Crippen LogP contribution in [0.3, 0.4) is 0 Å². The van der Waals surface area contributed by atoms with E-state index >= 15 is 0 Å². The molecule has 3 fully saturated rings. The number of carbonyl (C=O) groups excluding carboxylic acids is 5. The quantitative estimate of drug-likeness (QED) is 0.0626. The molecular formula is C27H42N2O15. The van der Waals surface area contributed by atoms with E-state index in [-0.39, 0.29) is 63.2 Å². The van der Waals surface area contributed by atoms with Crippen LogP contribution in [0.4, 0.5) is 0 Å². The van der Waals surface area contributed by atoms with Crippen LogP contribution in [0.5, 0.6) is 0 Å². The van der Waals surface area contributed by atoms with Gasteiger partial charge in [0.2, 0.25) is 6.29 Å². The van der Waals surface area contributed by atoms with Crippen LogP contribution < -0.4 is 0 Å². The zero-order chi connectivity index (χ0) is 31.4. The van der Waals surface area contributed by atoms with Crippen molar-refractivity contribution in [1.82, 2.24) is 10.1 Å². The smallest absolute Gasteiger partial charge is 0.335 e. The van der Waals surface area contributed by atoms with E-state index in [0.717, 1.165) is 5.06 Å². The summed E-state index contributed by atoms with van der Waals surface area (Å²) < 4.78 is 43.1. The molecule has 3 heterocycles. The van der Waals surface area contributed by atoms with Crippen molar-refractivity contribution in [3.63, 3.8) is 0 Å². The number of amides is 4. The maximum Gasteiger partial charge on any atom is 0.335 e. The fourth-order valence-electron chi connectivity index (χ4n) is 3.78. The average Bonchev–Trinajstić information content (AvgIpc) is 3.58. The number of rotatable bonds is 27. The van der Waals surface area contributed by atoms with Crippen LogP contribution in [0.1, 0.15) is 38.5 Å². The first-order chi connectivity index (χ1) is 21.5. The van der Waals surface area contributed by atoms with Crippen molar-refractivity contribution in [2.45, 2.75) is 50.9 Å². The van der Waals surface area contributed by atoms with Gasteiger partial charge in [0.1, 0.15) is 6.10 Å². The van der Waals surface area contributed by atoms with E-state index in [4.69, 9.17) is 47.6 Å². The first-order valence-corrected chi connectivity index (χ1v) is 14.7. The summed E-state index contributed by atoms with van der Waals surface area (Å²) in [6.07, 6.45) is 0.222. The molecule has 0 radical (unpaired) electrons. The Bertz CT molecular complexity index is 888. The normalized spacial score (nSPS) is 19.9. The number of epoxide rings is 1. The topological polar surface area (TPSA) is 187 Å². The molecule has 250 valence electrons. The van der Waals surface area contributed by atoms with Crippen molar-refractivity contribution >= 4 is 29.6 Å². The van der Waals surface area contributed by atoms with Gasteiger partial charge in [-0.3, -0.25) is 19.2 Å². The minimum atomic E-state index is -0.706. The summed E-state index contributed by atoms with van der Waals surface area (Å²) in [7, 11) is 0. The Morgan fingerprint density at radius 1 is 0.545 bits per heavy atom. The molecule has 3 rings (SSSR count). The molecule has 0 spiro atoms. The summed E-state index contributed by atoms with van der Waals surface area (Å²) >= 11 is 0. The Morgan fingerprint density at radius 3 is 1.34 bits per heavy atom. The van der Waals surface area contributed by atoms with E-state index in [0.29, 0.717) is 90.8 Å². The average molecular weight is 635 g/mol. The van der Waals surface area contributed by atoms with Crippen LogP contribution in [-0.2, 0) is 71.5 Å². The summed E-state index contributed by atoms with van der Waals surface area (Å²) in [4.78, 5) is 67.4. The Balaban J connectivity index is 0.946. The van der Waals surface area contributed by atoms with E-state index < -0.39 is 24.1 Å². The third kappa shape index (κ3) is 14.4. The van der Waals surface area contributed by atoms with Crippen molar-refractivity contribution < 1.29 is 71.5 Å². The van der Waals surface area contributed by atoms with Gasteiger partial charge in [0.25, 0.3) is 23.6 Å². The predicted octanol–water partition coefficient (Wildman–Crippen LogP) is -0.704. The largest absolute Gasteiger partial charge is 0.379 e. The highest BCUT2D eigenvalue weighted by Crippen LogP contribution is 2.29. The third-order valence-corrected chi connectivity index (χ3v) is 6.18. The first kappa shape index (κ1) is 35.9. The second-order valence-corrected chi connectivity index (χ2v) is 9.60. The van der Waals surface area contributed by atoms with E-state index in [2.05, 4.69) is 0 Å². The van der Waals surface area contributed by atoms with Gasteiger partial charge in [-0.1, -0.05) is 0 Å². The van der Waals surface area contributed by atoms with Gasteiger partial charge < -0.3 is 42.7 Å². The van der Waals surface area contributed by atoms with Crippen molar-refractivity contribution in [2.75, 3.05) is 92.5 Å². The van der Waals surface area contributed by atoms with Crippen molar-refractivity contribution in [3.8, 4) is 0 Å². The number of imide groups is 2. The zero-order valence-electron chi connectivity index (χ0n) is 24.8. The van der Waals surface area contributed by atoms with E-state index in [1.807, 2.05) is 0 Å². The fourth-order valence-corrected chi connectivity index (χ4v) is 3.78. The fraction of sp³-hybridized carbons (Fsp3) is 0.815. The minimum Gasteiger partial charge on any atom is -0.379 e. The Kier molecular flexibility index (Phi) is 17.3. The highest BCUT2D eigenvalue weighted by molar-refractivity contribution is 6.01. The second kappa shape index (κ2) is 21.2. The van der Waals surface area contributed by atoms with Gasteiger partial charge >= 0.3 is 5.97 Å². The van der Waals surface area contributed by atoms with Gasteiger partial charge in [-0.25, -0.2) is 9.63 Å². The van der Waals surface area contributed by atoms with Crippen LogP contribution >= 0.6 is 0 Å². The van der Waals surface area contributed by atoms with Gasteiger partial charge in [0.15, 0.2) is 0 Å². The molecular weight excluding hydrogens is 592 g/mol. The zero-order valence-corrected chi connectivity index (χ0v) is 24.8. The Labute approximate surface area is 255 Å². The van der Waals surface area contributed by atoms with Crippen molar-refractivity contribution in [1.29, 1.82) is 0 Å². The number of carbonyl (C=O) groups is 5. The molecule has 0 saturated carbocycles. The van der Waals surface area contributed by atoms with Crippen molar-refractivity contribution in [2.24, 2.45) is 0 Å². The molecule has 2 unspecified atom stereocenters. The number of hydrogen-bond donors (Lipinski definition) is 0. The van der Waals surface area contributed by atoms with E-state index in [9.17, 15) is 24.0 Å². The molecule has 3 saturated heterocycles. The molecule has 2 atom stereocenters. The molecule has 17 nitrogen and oxygen atoms in total. The molecule has 0 aromatic rings. The van der Waals surface area contributed by atoms with Gasteiger partial charge in [-0.15, -0.1) is 5.06 Å². The summed E-state index contributed by atoms with van der Waals surface area (Å²) in [5.41, 5.74) is 0. The lowest BCUT2D eigenvalue weighted by Gasteiger charge is -2.12. The Hall–Kier alpha value is -2.61. The molecule has 3 aliphatic heterocycles. The number of hydrogen-bond acceptors (Lipinski definition) is 15. The standard InChI is InChI=1S/C27H42N2O15/c30-22-1-2-23(31)28(22)43-26(34)6-8-36-10-12-38-14-16-40-18-20-41-19-17-39-15-13-37-11-9-35-7-5-21-27(42-21)44-29-24(32)3-4-25(29)33/h21,27H,1-20H2. The van der Waals surface area contributed by atoms with Crippen LogP contribution in [0.25, 0.3) is 0 Å². The molecule has 0 aromatic carbocycles. The maximum absolute atomic E-state index is 11.6. The summed E-state index contributed by atoms with van der Waals surface area (Å²) in [5.74, 6) is -2.41. The molecule has 0 aromatic heterocycles. The molecule has 0 bridgehead atoms. The summed E-state index contributed by atoms with van der Waals surface area (Å²) in [5, 5.41) is 1.31. The highest BCUT2D eigenvalue weighted by atomic mass is 16.9. The Morgan fingerprint density at radius 2 is 0.909 bits per heavy atom. The lowest BCUT2D eigenvalue weighted by Crippen LogP contribution is -2.32. The number of nitrogens with zero attached hydrogens (tertiary/aromatic N) is 2. The van der Waals surface area contributed by atoms with Crippen LogP contribution in [0.2, 0.25) is 0 Å². The number of ether oxygens (including phenoxy) is 8. The molecule has 3 aliphatic rings. The predicted molar refractivity (Wildman–Crippen MR) is 143 cm³/mol. The molecule has 0 aliphatic carbocycles. The van der Waals surface area contributed by atoms with Crippen LogP contribution in [0, 0.1) is 0 Å². The molecule has 44 heavy (non-hydrogen) atoms. The van der Waals surface area contributed by atoms with E-state index in [1.54, 1.807) is 0 Å². The SMILES string of the molecule is O=C(CCOCCOCCOCCOCCOCCOCCOCCC1OC1ON1C(=O)CCC1=O)ON1C(=O)CCC1=O. The summed E-state index contributed by atoms with van der Waals surface area (Å²) in [6, 6.07) is 0. The van der Waals surface area contributed by atoms with Crippen LogP contribution in [-0.4, -0.2) is 145 Å². The van der Waals surface area contributed by atoms with Gasteiger partial charge in [-0.2, -0.15) is 5.06 Å². The van der Waals surface area contributed by atoms with Gasteiger partial charge in [0, 0.05) is 38.7 Å². The maximum atomic E-state index is 11.6. The number of hydroxylamine groups is 4. The van der Waals surface area contributed by atoms with E-state index in [1.165, 1.54) is 0 Å². The first-order valence-electron chi connectivity index (χ1n) is 14.7. The molecule has 4 amide bonds. The van der Waals surface area contributed by atoms with Crippen molar-refractivity contribution in [3.05, 3.63) is 0 Å². The van der Waals surface area contributed by atoms with Crippen LogP contribution in [0.15, 0.2) is 0 Å². The monoisotopic (exact) mass is 634 g/mol. The molecule has 0 N–H and O–H groups in total. The lowest BCUT2D eigenvalue weighted by atomic mass is 10.3. The minimum absolute atomic E-state index is 0.0541. The van der Waals surface area contributed by atoms with Gasteiger partial charge in [-0.05, 0) is 0 Å². The third-order valence-electron chi connectivity index (χ3n) is 6.18. The second-order valence-electron chi connectivity index (χ2n) is 9.60.